The Morgan fingerprint density at radius 2 is 1.85 bits per heavy atom. The first kappa shape index (κ1) is 19.9. The summed E-state index contributed by atoms with van der Waals surface area (Å²) in [5, 5.41) is 2.89. The Morgan fingerprint density at radius 3 is 2.46 bits per heavy atom. The molecule has 2 N–H and O–H groups in total. The van der Waals surface area contributed by atoms with Crippen LogP contribution in [0.4, 0.5) is 5.69 Å². The first-order valence-electron chi connectivity index (χ1n) is 9.11. The highest BCUT2D eigenvalue weighted by Gasteiger charge is 2.25. The van der Waals surface area contributed by atoms with Crippen LogP contribution in [-0.4, -0.2) is 73.8 Å². The number of carbonyl (C=O) groups excluding carboxylic acids is 3. The quantitative estimate of drug-likeness (QED) is 0.710. The van der Waals surface area contributed by atoms with E-state index >= 15 is 0 Å². The van der Waals surface area contributed by atoms with Gasteiger partial charge in [-0.3, -0.25) is 14.4 Å². The number of nitrogens with zero attached hydrogens (tertiary/aromatic N) is 2. The zero-order chi connectivity index (χ0) is 19.1. The van der Waals surface area contributed by atoms with Crippen LogP contribution in [0.2, 0.25) is 0 Å². The lowest BCUT2D eigenvalue weighted by atomic mass is 10.1. The number of hydrogen-bond acceptors (Lipinski definition) is 3. The molecule has 1 fully saturated rings. The third-order valence-corrected chi connectivity index (χ3v) is 4.80. The second-order valence-corrected chi connectivity index (χ2v) is 6.74. The van der Waals surface area contributed by atoms with Crippen LogP contribution in [0.1, 0.15) is 19.4 Å². The van der Waals surface area contributed by atoms with Gasteiger partial charge >= 0.3 is 0 Å². The number of piperazine rings is 1. The highest BCUT2D eigenvalue weighted by atomic mass is 16.2. The largest absolute Gasteiger partial charge is 0.332 e. The predicted octanol–water partition coefficient (Wildman–Crippen LogP) is -0.607. The Balaban J connectivity index is 1.79. The first-order valence-corrected chi connectivity index (χ1v) is 9.11. The van der Waals surface area contributed by atoms with Gasteiger partial charge in [-0.1, -0.05) is 25.1 Å². The Hall–Kier alpha value is -2.41. The van der Waals surface area contributed by atoms with E-state index in [2.05, 4.69) is 5.32 Å². The molecule has 2 rings (SSSR count). The molecule has 1 aliphatic rings. The molecule has 0 radical (unpaired) electrons. The lowest BCUT2D eigenvalue weighted by molar-refractivity contribution is -0.896. The van der Waals surface area contributed by atoms with Crippen LogP contribution >= 0.6 is 0 Å². The molecule has 0 saturated carbocycles. The summed E-state index contributed by atoms with van der Waals surface area (Å²) in [7, 11) is 1.65. The molecule has 0 unspecified atom stereocenters. The van der Waals surface area contributed by atoms with Crippen molar-refractivity contribution in [2.75, 3.05) is 51.6 Å². The number of carbonyl (C=O) groups is 3. The summed E-state index contributed by atoms with van der Waals surface area (Å²) in [5.74, 6) is -0.176. The van der Waals surface area contributed by atoms with E-state index in [1.807, 2.05) is 31.2 Å². The smallest absolute Gasteiger partial charge is 0.277 e. The van der Waals surface area contributed by atoms with Gasteiger partial charge < -0.3 is 20.0 Å². The fraction of sp³-hybridized carbons (Fsp3) is 0.526. The third-order valence-electron chi connectivity index (χ3n) is 4.80. The summed E-state index contributed by atoms with van der Waals surface area (Å²) in [6.45, 7) is 6.86. The lowest BCUT2D eigenvalue weighted by Crippen LogP contribution is -3.15. The fourth-order valence-electron chi connectivity index (χ4n) is 3.11. The zero-order valence-electron chi connectivity index (χ0n) is 15.9. The van der Waals surface area contributed by atoms with Crippen molar-refractivity contribution in [2.24, 2.45) is 0 Å². The van der Waals surface area contributed by atoms with Crippen molar-refractivity contribution >= 4 is 23.4 Å². The molecule has 0 aromatic heterocycles. The van der Waals surface area contributed by atoms with Crippen LogP contribution in [0, 0.1) is 0 Å². The van der Waals surface area contributed by atoms with Gasteiger partial charge in [0.05, 0.1) is 32.7 Å². The highest BCUT2D eigenvalue weighted by molar-refractivity contribution is 5.95. The lowest BCUT2D eigenvalue weighted by Gasteiger charge is -2.31. The highest BCUT2D eigenvalue weighted by Crippen LogP contribution is 2.15. The molecular formula is C19H29N4O3+. The van der Waals surface area contributed by atoms with E-state index in [1.54, 1.807) is 18.9 Å². The minimum atomic E-state index is -0.196. The third kappa shape index (κ3) is 5.56. The van der Waals surface area contributed by atoms with Crippen LogP contribution < -0.4 is 10.2 Å². The van der Waals surface area contributed by atoms with E-state index < -0.39 is 0 Å². The normalized spacial score (nSPS) is 14.8. The fourth-order valence-corrected chi connectivity index (χ4v) is 3.11. The molecule has 1 heterocycles. The number of quaternary nitrogens is 1. The van der Waals surface area contributed by atoms with E-state index in [4.69, 9.17) is 0 Å². The SMILES string of the molecule is CCc1ccccc1NC(=O)CN(C)C(=O)C[NH+]1CCN(C(C)=O)CC1. The summed E-state index contributed by atoms with van der Waals surface area (Å²) < 4.78 is 0. The summed E-state index contributed by atoms with van der Waals surface area (Å²) in [4.78, 5) is 40.4. The van der Waals surface area contributed by atoms with Crippen molar-refractivity contribution in [1.82, 2.24) is 9.80 Å². The number of para-hydroxylation sites is 1. The van der Waals surface area contributed by atoms with E-state index in [-0.39, 0.29) is 24.3 Å². The van der Waals surface area contributed by atoms with Crippen LogP contribution in [0.25, 0.3) is 0 Å². The topological polar surface area (TPSA) is 74.2 Å². The molecule has 1 aliphatic heterocycles. The maximum absolute atomic E-state index is 12.4. The standard InChI is InChI=1S/C19H28N4O3/c1-4-16-7-5-6-8-17(16)20-18(25)13-21(3)19(26)14-22-9-11-23(12-10-22)15(2)24/h5-8H,4,9-14H2,1-3H3,(H,20,25)/p+1. The number of anilines is 1. The van der Waals surface area contributed by atoms with Crippen molar-refractivity contribution in [3.05, 3.63) is 29.8 Å². The van der Waals surface area contributed by atoms with Crippen molar-refractivity contribution in [3.8, 4) is 0 Å². The maximum atomic E-state index is 12.4. The summed E-state index contributed by atoms with van der Waals surface area (Å²) in [6.07, 6.45) is 0.834. The zero-order valence-corrected chi connectivity index (χ0v) is 15.9. The van der Waals surface area contributed by atoms with Crippen molar-refractivity contribution in [1.29, 1.82) is 0 Å². The van der Waals surface area contributed by atoms with Crippen LogP contribution in [0.3, 0.4) is 0 Å². The second-order valence-electron chi connectivity index (χ2n) is 6.74. The number of nitrogens with one attached hydrogen (secondary N) is 2. The van der Waals surface area contributed by atoms with Crippen molar-refractivity contribution in [3.63, 3.8) is 0 Å². The van der Waals surface area contributed by atoms with Gasteiger partial charge in [0.25, 0.3) is 5.91 Å². The summed E-state index contributed by atoms with van der Waals surface area (Å²) in [6, 6.07) is 7.68. The van der Waals surface area contributed by atoms with Crippen molar-refractivity contribution < 1.29 is 19.3 Å². The molecule has 7 heteroatoms. The van der Waals surface area contributed by atoms with Gasteiger partial charge in [-0.25, -0.2) is 0 Å². The molecule has 26 heavy (non-hydrogen) atoms. The molecule has 0 aliphatic carbocycles. The number of likely N-dealkylation sites (N-methyl/N-ethyl adjacent to an activating group) is 1. The molecule has 0 spiro atoms. The summed E-state index contributed by atoms with van der Waals surface area (Å²) in [5.41, 5.74) is 1.87. The second kappa shape index (κ2) is 9.33. The Bertz CT molecular complexity index is 654. The molecule has 7 nitrogen and oxygen atoms in total. The molecule has 3 amide bonds. The Labute approximate surface area is 154 Å². The number of amides is 3. The van der Waals surface area contributed by atoms with Gasteiger partial charge in [0, 0.05) is 19.7 Å². The Morgan fingerprint density at radius 1 is 1.19 bits per heavy atom. The van der Waals surface area contributed by atoms with E-state index in [0.717, 1.165) is 35.7 Å². The van der Waals surface area contributed by atoms with Crippen LogP contribution in [-0.2, 0) is 20.8 Å². The molecule has 1 aromatic rings. The number of benzene rings is 1. The minimum absolute atomic E-state index is 0.0315. The van der Waals surface area contributed by atoms with Crippen LogP contribution in [0.15, 0.2) is 24.3 Å². The monoisotopic (exact) mass is 361 g/mol. The average Bonchev–Trinajstić information content (AvgIpc) is 2.62. The van der Waals surface area contributed by atoms with E-state index in [0.29, 0.717) is 19.6 Å². The molecule has 142 valence electrons. The van der Waals surface area contributed by atoms with Gasteiger partial charge in [0.2, 0.25) is 11.8 Å². The molecular weight excluding hydrogens is 332 g/mol. The van der Waals surface area contributed by atoms with Gasteiger partial charge in [-0.15, -0.1) is 0 Å². The van der Waals surface area contributed by atoms with E-state index in [1.165, 1.54) is 4.90 Å². The summed E-state index contributed by atoms with van der Waals surface area (Å²) >= 11 is 0. The number of hydrogen-bond donors (Lipinski definition) is 2. The first-order chi connectivity index (χ1) is 12.4. The van der Waals surface area contributed by atoms with Gasteiger partial charge in [-0.2, -0.15) is 0 Å². The predicted molar refractivity (Wildman–Crippen MR) is 99.9 cm³/mol. The molecule has 1 saturated heterocycles. The van der Waals surface area contributed by atoms with Gasteiger partial charge in [0.1, 0.15) is 0 Å². The molecule has 0 bridgehead atoms. The van der Waals surface area contributed by atoms with Gasteiger partial charge in [-0.05, 0) is 18.1 Å². The number of rotatable bonds is 6. The van der Waals surface area contributed by atoms with Gasteiger partial charge in [0.15, 0.2) is 6.54 Å². The molecule has 0 atom stereocenters. The minimum Gasteiger partial charge on any atom is -0.332 e. The maximum Gasteiger partial charge on any atom is 0.277 e. The van der Waals surface area contributed by atoms with Crippen molar-refractivity contribution in [2.45, 2.75) is 20.3 Å². The van der Waals surface area contributed by atoms with E-state index in [9.17, 15) is 14.4 Å². The van der Waals surface area contributed by atoms with Crippen LogP contribution in [0.5, 0.6) is 0 Å². The molecule has 1 aromatic carbocycles. The number of aryl methyl sites for hydroxylation is 1. The Kier molecular flexibility index (Phi) is 7.15. The average molecular weight is 361 g/mol.